The van der Waals surface area contributed by atoms with E-state index >= 15 is 0 Å². The van der Waals surface area contributed by atoms with Gasteiger partial charge in [-0.25, -0.2) is 8.72 Å². The summed E-state index contributed by atoms with van der Waals surface area (Å²) in [4.78, 5) is 11.9. The van der Waals surface area contributed by atoms with Gasteiger partial charge in [0.25, 0.3) is 0 Å². The molecular weight excluding hydrogens is 306 g/mol. The predicted octanol–water partition coefficient (Wildman–Crippen LogP) is 5.08. The van der Waals surface area contributed by atoms with Crippen molar-refractivity contribution >= 4 is 27.9 Å². The SMILES string of the molecule is CCCCc1ccc(N(Br)C(=O)OC(C)(C)C)cc1. The Kier molecular flexibility index (Phi) is 5.85. The van der Waals surface area contributed by atoms with Gasteiger partial charge < -0.3 is 4.74 Å². The number of hydrogen-bond donors (Lipinski definition) is 0. The lowest BCUT2D eigenvalue weighted by Gasteiger charge is -2.23. The highest BCUT2D eigenvalue weighted by molar-refractivity contribution is 9.10. The summed E-state index contributed by atoms with van der Waals surface area (Å²) in [6.07, 6.45) is 3.04. The third kappa shape index (κ3) is 5.64. The molecule has 3 nitrogen and oxygen atoms in total. The van der Waals surface area contributed by atoms with Crippen molar-refractivity contribution in [1.29, 1.82) is 0 Å². The van der Waals surface area contributed by atoms with Gasteiger partial charge in [-0.2, -0.15) is 0 Å². The van der Waals surface area contributed by atoms with Crippen molar-refractivity contribution < 1.29 is 9.53 Å². The number of rotatable bonds is 4. The highest BCUT2D eigenvalue weighted by atomic mass is 79.9. The van der Waals surface area contributed by atoms with Crippen molar-refractivity contribution in [3.8, 4) is 0 Å². The molecule has 0 aliphatic rings. The summed E-state index contributed by atoms with van der Waals surface area (Å²) in [6, 6.07) is 7.93. The average molecular weight is 328 g/mol. The normalized spacial score (nSPS) is 11.2. The lowest BCUT2D eigenvalue weighted by atomic mass is 10.1. The molecule has 0 aliphatic carbocycles. The minimum absolute atomic E-state index is 0.409. The average Bonchev–Trinajstić information content (AvgIpc) is 2.34. The number of carbonyl (C=O) groups is 1. The number of nitrogens with zero attached hydrogens (tertiary/aromatic N) is 1. The van der Waals surface area contributed by atoms with Crippen LogP contribution in [0.25, 0.3) is 0 Å². The Hall–Kier alpha value is -1.03. The molecular formula is C15H22BrNO2. The molecule has 0 aromatic heterocycles. The first kappa shape index (κ1) is 16.0. The molecule has 0 N–H and O–H groups in total. The molecule has 4 heteroatoms. The molecule has 106 valence electrons. The van der Waals surface area contributed by atoms with Gasteiger partial charge in [0.1, 0.15) is 5.60 Å². The van der Waals surface area contributed by atoms with Gasteiger partial charge in [-0.05, 0) is 51.3 Å². The zero-order valence-corrected chi connectivity index (χ0v) is 13.7. The van der Waals surface area contributed by atoms with Crippen LogP contribution in [0.2, 0.25) is 0 Å². The lowest BCUT2D eigenvalue weighted by Crippen LogP contribution is -2.30. The maximum atomic E-state index is 11.9. The zero-order chi connectivity index (χ0) is 14.5. The first-order valence-electron chi connectivity index (χ1n) is 6.61. The fourth-order valence-corrected chi connectivity index (χ4v) is 1.89. The van der Waals surface area contributed by atoms with Crippen LogP contribution >= 0.6 is 16.1 Å². The molecule has 0 saturated carbocycles. The predicted molar refractivity (Wildman–Crippen MR) is 82.7 cm³/mol. The smallest absolute Gasteiger partial charge is 0.425 e. The Labute approximate surface area is 124 Å². The fraction of sp³-hybridized carbons (Fsp3) is 0.533. The number of carbonyl (C=O) groups excluding carboxylic acids is 1. The molecule has 0 spiro atoms. The number of amides is 1. The minimum Gasteiger partial charge on any atom is -0.443 e. The summed E-state index contributed by atoms with van der Waals surface area (Å²) < 4.78 is 6.64. The van der Waals surface area contributed by atoms with Crippen LogP contribution in [0.4, 0.5) is 10.5 Å². The number of unbranched alkanes of at least 4 members (excludes halogenated alkanes) is 1. The Bertz CT molecular complexity index is 409. The van der Waals surface area contributed by atoms with Gasteiger partial charge in [-0.15, -0.1) is 0 Å². The van der Waals surface area contributed by atoms with E-state index in [1.54, 1.807) is 0 Å². The molecule has 0 fully saturated rings. The summed E-state index contributed by atoms with van der Waals surface area (Å²) in [7, 11) is 0. The summed E-state index contributed by atoms with van der Waals surface area (Å²) in [5.41, 5.74) is 1.56. The van der Waals surface area contributed by atoms with E-state index in [9.17, 15) is 4.79 Å². The van der Waals surface area contributed by atoms with Crippen molar-refractivity contribution in [2.45, 2.75) is 52.6 Å². The second kappa shape index (κ2) is 6.94. The van der Waals surface area contributed by atoms with Crippen LogP contribution in [0.5, 0.6) is 0 Å². The van der Waals surface area contributed by atoms with Gasteiger partial charge in [0.15, 0.2) is 0 Å². The van der Waals surface area contributed by atoms with E-state index in [0.29, 0.717) is 0 Å². The molecule has 0 aliphatic heterocycles. The summed E-state index contributed by atoms with van der Waals surface area (Å²) in [5.74, 6) is 0. The van der Waals surface area contributed by atoms with Crippen molar-refractivity contribution in [3.63, 3.8) is 0 Å². The van der Waals surface area contributed by atoms with Crippen LogP contribution in [0.3, 0.4) is 0 Å². The largest absolute Gasteiger partial charge is 0.443 e. The van der Waals surface area contributed by atoms with Crippen LogP contribution in [0.1, 0.15) is 46.1 Å². The first-order chi connectivity index (χ1) is 8.83. The third-order valence-electron chi connectivity index (χ3n) is 2.54. The van der Waals surface area contributed by atoms with Crippen molar-refractivity contribution in [1.82, 2.24) is 0 Å². The lowest BCUT2D eigenvalue weighted by molar-refractivity contribution is 0.0614. The van der Waals surface area contributed by atoms with E-state index < -0.39 is 11.7 Å². The van der Waals surface area contributed by atoms with Crippen molar-refractivity contribution in [3.05, 3.63) is 29.8 Å². The van der Waals surface area contributed by atoms with Gasteiger partial charge in [0.2, 0.25) is 0 Å². The Morgan fingerprint density at radius 2 is 1.84 bits per heavy atom. The van der Waals surface area contributed by atoms with Crippen molar-refractivity contribution in [2.75, 3.05) is 3.93 Å². The summed E-state index contributed by atoms with van der Waals surface area (Å²) >= 11 is 3.24. The quantitative estimate of drug-likeness (QED) is 0.721. The third-order valence-corrected chi connectivity index (χ3v) is 3.23. The van der Waals surface area contributed by atoms with Gasteiger partial charge in [-0.1, -0.05) is 25.5 Å². The first-order valence-corrected chi connectivity index (χ1v) is 7.32. The molecule has 0 heterocycles. The number of halogens is 1. The van der Waals surface area contributed by atoms with Gasteiger partial charge >= 0.3 is 6.09 Å². The summed E-state index contributed by atoms with van der Waals surface area (Å²) in [5, 5.41) is 0. The van der Waals surface area contributed by atoms with E-state index in [1.165, 1.54) is 22.3 Å². The van der Waals surface area contributed by atoms with Gasteiger partial charge in [0.05, 0.1) is 21.8 Å². The molecule has 1 rings (SSSR count). The minimum atomic E-state index is -0.496. The molecule has 0 bridgehead atoms. The van der Waals surface area contributed by atoms with E-state index in [1.807, 2.05) is 45.0 Å². The maximum Gasteiger partial charge on any atom is 0.425 e. The van der Waals surface area contributed by atoms with E-state index in [4.69, 9.17) is 4.74 Å². The standard InChI is InChI=1S/C15H22BrNO2/c1-5-6-7-12-8-10-13(11-9-12)17(16)14(18)19-15(2,3)4/h8-11H,5-7H2,1-4H3. The van der Waals surface area contributed by atoms with Crippen LogP contribution < -0.4 is 3.93 Å². The zero-order valence-electron chi connectivity index (χ0n) is 12.1. The van der Waals surface area contributed by atoms with Gasteiger partial charge in [0, 0.05) is 0 Å². The number of hydrogen-bond acceptors (Lipinski definition) is 2. The molecule has 0 radical (unpaired) electrons. The van der Waals surface area contributed by atoms with E-state index in [-0.39, 0.29) is 0 Å². The number of aryl methyl sites for hydroxylation is 1. The van der Waals surface area contributed by atoms with Crippen LogP contribution in [-0.4, -0.2) is 11.7 Å². The molecule has 0 atom stereocenters. The Balaban J connectivity index is 2.67. The van der Waals surface area contributed by atoms with Gasteiger partial charge in [-0.3, -0.25) is 0 Å². The molecule has 1 aromatic carbocycles. The van der Waals surface area contributed by atoms with E-state index in [2.05, 4.69) is 23.1 Å². The van der Waals surface area contributed by atoms with Crippen LogP contribution in [-0.2, 0) is 11.2 Å². The molecule has 1 aromatic rings. The Morgan fingerprint density at radius 3 is 2.32 bits per heavy atom. The number of benzene rings is 1. The molecule has 0 unspecified atom stereocenters. The van der Waals surface area contributed by atoms with Crippen LogP contribution in [0.15, 0.2) is 24.3 Å². The second-order valence-electron chi connectivity index (χ2n) is 5.53. The molecule has 19 heavy (non-hydrogen) atoms. The molecule has 0 saturated heterocycles. The van der Waals surface area contributed by atoms with E-state index in [0.717, 1.165) is 12.1 Å². The maximum absolute atomic E-state index is 11.9. The molecule has 1 amide bonds. The Morgan fingerprint density at radius 1 is 1.26 bits per heavy atom. The number of ether oxygens (including phenoxy) is 1. The fourth-order valence-electron chi connectivity index (χ4n) is 1.58. The highest BCUT2D eigenvalue weighted by Crippen LogP contribution is 2.22. The topological polar surface area (TPSA) is 29.5 Å². The second-order valence-corrected chi connectivity index (χ2v) is 6.24. The summed E-state index contributed by atoms with van der Waals surface area (Å²) in [6.45, 7) is 7.72. The highest BCUT2D eigenvalue weighted by Gasteiger charge is 2.21. The van der Waals surface area contributed by atoms with Crippen LogP contribution in [0, 0.1) is 0 Å². The van der Waals surface area contributed by atoms with Crippen molar-refractivity contribution in [2.24, 2.45) is 0 Å². The number of anilines is 1. The monoisotopic (exact) mass is 327 g/mol.